The molecule has 132 valence electrons. The highest BCUT2D eigenvalue weighted by Crippen LogP contribution is 2.37. The van der Waals surface area contributed by atoms with Crippen LogP contribution in [0.25, 0.3) is 0 Å². The van der Waals surface area contributed by atoms with Gasteiger partial charge in [0.1, 0.15) is 0 Å². The minimum absolute atomic E-state index is 0.207. The predicted molar refractivity (Wildman–Crippen MR) is 95.7 cm³/mol. The van der Waals surface area contributed by atoms with Gasteiger partial charge in [-0.05, 0) is 35.0 Å². The number of primary amides is 1. The third-order valence-electron chi connectivity index (χ3n) is 3.33. The van der Waals surface area contributed by atoms with Crippen LogP contribution in [0.5, 0.6) is 11.5 Å². The molecule has 25 heavy (non-hydrogen) atoms. The second-order valence-electron chi connectivity index (χ2n) is 5.02. The molecule has 1 amide bonds. The van der Waals surface area contributed by atoms with E-state index in [-0.39, 0.29) is 5.56 Å². The molecule has 0 aliphatic rings. The van der Waals surface area contributed by atoms with E-state index < -0.39 is 18.0 Å². The van der Waals surface area contributed by atoms with E-state index in [0.717, 1.165) is 0 Å². The van der Waals surface area contributed by atoms with Gasteiger partial charge >= 0.3 is 5.97 Å². The summed E-state index contributed by atoms with van der Waals surface area (Å²) in [5.41, 5.74) is 6.09. The molecule has 0 radical (unpaired) electrons. The third-order valence-corrected chi connectivity index (χ3v) is 3.92. The summed E-state index contributed by atoms with van der Waals surface area (Å²) in [6.45, 7) is 2.21. The molecule has 0 heterocycles. The summed E-state index contributed by atoms with van der Waals surface area (Å²) in [5, 5.41) is 0. The van der Waals surface area contributed by atoms with E-state index in [4.69, 9.17) is 19.9 Å². The van der Waals surface area contributed by atoms with Crippen molar-refractivity contribution in [1.82, 2.24) is 0 Å². The van der Waals surface area contributed by atoms with Crippen LogP contribution in [0.3, 0.4) is 0 Å². The summed E-state index contributed by atoms with van der Waals surface area (Å²) in [4.78, 5) is 24.2. The van der Waals surface area contributed by atoms with Crippen LogP contribution in [0.2, 0.25) is 0 Å². The average molecular weight is 408 g/mol. The summed E-state index contributed by atoms with van der Waals surface area (Å²) in [5.74, 6) is -0.594. The summed E-state index contributed by atoms with van der Waals surface area (Å²) in [7, 11) is 1.50. The van der Waals surface area contributed by atoms with E-state index in [1.54, 1.807) is 30.3 Å². The Morgan fingerprint density at radius 2 is 1.88 bits per heavy atom. The van der Waals surface area contributed by atoms with Crippen LogP contribution in [0.4, 0.5) is 0 Å². The first kappa shape index (κ1) is 18.8. The van der Waals surface area contributed by atoms with Crippen molar-refractivity contribution in [3.05, 3.63) is 58.1 Å². The Kier molecular flexibility index (Phi) is 6.41. The number of amides is 1. The van der Waals surface area contributed by atoms with Crippen LogP contribution in [-0.4, -0.2) is 25.6 Å². The molecule has 0 aromatic heterocycles. The summed E-state index contributed by atoms with van der Waals surface area (Å²) in [6, 6.07) is 11.6. The number of hydrogen-bond acceptors (Lipinski definition) is 5. The molecular formula is C18H18BrNO5. The van der Waals surface area contributed by atoms with Gasteiger partial charge < -0.3 is 19.9 Å². The first-order chi connectivity index (χ1) is 12.0. The Balaban J connectivity index is 2.32. The van der Waals surface area contributed by atoms with Crippen molar-refractivity contribution in [1.29, 1.82) is 0 Å². The normalized spacial score (nSPS) is 11.5. The van der Waals surface area contributed by atoms with Crippen molar-refractivity contribution in [2.24, 2.45) is 5.73 Å². The van der Waals surface area contributed by atoms with Crippen molar-refractivity contribution in [2.75, 3.05) is 13.7 Å². The largest absolute Gasteiger partial charge is 0.492 e. The molecule has 2 aromatic carbocycles. The van der Waals surface area contributed by atoms with E-state index >= 15 is 0 Å². The number of halogens is 1. The zero-order valence-electron chi connectivity index (χ0n) is 13.8. The van der Waals surface area contributed by atoms with Gasteiger partial charge in [-0.2, -0.15) is 0 Å². The number of benzene rings is 2. The minimum Gasteiger partial charge on any atom is -0.492 e. The molecule has 0 saturated heterocycles. The number of esters is 1. The van der Waals surface area contributed by atoms with Gasteiger partial charge in [-0.3, -0.25) is 4.79 Å². The van der Waals surface area contributed by atoms with E-state index in [9.17, 15) is 9.59 Å². The Morgan fingerprint density at radius 3 is 2.44 bits per heavy atom. The van der Waals surface area contributed by atoms with Gasteiger partial charge in [-0.25, -0.2) is 4.79 Å². The average Bonchev–Trinajstić information content (AvgIpc) is 2.60. The van der Waals surface area contributed by atoms with Gasteiger partial charge in [0.25, 0.3) is 5.91 Å². The third kappa shape index (κ3) is 4.51. The first-order valence-electron chi connectivity index (χ1n) is 7.53. The standard InChI is InChI=1S/C18H18BrNO5/c1-3-24-14-10-12(9-13(19)16(14)23-2)18(22)25-15(17(20)21)11-7-5-4-6-8-11/h4-10,15H,3H2,1-2H3,(H2,20,21). The van der Waals surface area contributed by atoms with Gasteiger partial charge in [0, 0.05) is 5.56 Å². The molecule has 0 bridgehead atoms. The van der Waals surface area contributed by atoms with Crippen molar-refractivity contribution in [3.63, 3.8) is 0 Å². The molecule has 0 spiro atoms. The predicted octanol–water partition coefficient (Wildman–Crippen LogP) is 3.24. The highest BCUT2D eigenvalue weighted by Gasteiger charge is 2.24. The van der Waals surface area contributed by atoms with E-state index in [0.29, 0.717) is 28.1 Å². The molecule has 6 nitrogen and oxygen atoms in total. The first-order valence-corrected chi connectivity index (χ1v) is 8.32. The maximum absolute atomic E-state index is 12.5. The van der Waals surface area contributed by atoms with E-state index in [1.807, 2.05) is 6.92 Å². The van der Waals surface area contributed by atoms with Crippen LogP contribution in [-0.2, 0) is 9.53 Å². The van der Waals surface area contributed by atoms with Crippen molar-refractivity contribution >= 4 is 27.8 Å². The Morgan fingerprint density at radius 1 is 1.20 bits per heavy atom. The Bertz CT molecular complexity index is 764. The lowest BCUT2D eigenvalue weighted by Gasteiger charge is -2.16. The van der Waals surface area contributed by atoms with Gasteiger partial charge in [-0.1, -0.05) is 30.3 Å². The molecule has 2 N–H and O–H groups in total. The maximum Gasteiger partial charge on any atom is 0.339 e. The minimum atomic E-state index is -1.18. The molecule has 1 unspecified atom stereocenters. The molecule has 0 fully saturated rings. The topological polar surface area (TPSA) is 87.9 Å². The van der Waals surface area contributed by atoms with Crippen molar-refractivity contribution in [3.8, 4) is 11.5 Å². The fourth-order valence-electron chi connectivity index (χ4n) is 2.24. The molecule has 0 saturated carbocycles. The molecule has 0 aliphatic carbocycles. The van der Waals surface area contributed by atoms with Gasteiger partial charge in [0.05, 0.1) is 23.8 Å². The lowest BCUT2D eigenvalue weighted by molar-refractivity contribution is -0.127. The fourth-order valence-corrected chi connectivity index (χ4v) is 2.84. The van der Waals surface area contributed by atoms with Crippen LogP contribution < -0.4 is 15.2 Å². The number of carbonyl (C=O) groups is 2. The fraction of sp³-hybridized carbons (Fsp3) is 0.222. The zero-order valence-corrected chi connectivity index (χ0v) is 15.4. The van der Waals surface area contributed by atoms with E-state index in [2.05, 4.69) is 15.9 Å². The number of methoxy groups -OCH3 is 1. The molecule has 2 rings (SSSR count). The highest BCUT2D eigenvalue weighted by atomic mass is 79.9. The second kappa shape index (κ2) is 8.53. The van der Waals surface area contributed by atoms with E-state index in [1.165, 1.54) is 19.2 Å². The van der Waals surface area contributed by atoms with Gasteiger partial charge in [0.15, 0.2) is 11.5 Å². The number of rotatable bonds is 7. The Hall–Kier alpha value is -2.54. The van der Waals surface area contributed by atoms with Crippen LogP contribution in [0, 0.1) is 0 Å². The molecule has 0 aliphatic heterocycles. The quantitative estimate of drug-likeness (QED) is 0.711. The molecular weight excluding hydrogens is 390 g/mol. The van der Waals surface area contributed by atoms with Crippen molar-refractivity contribution in [2.45, 2.75) is 13.0 Å². The monoisotopic (exact) mass is 407 g/mol. The summed E-state index contributed by atoms with van der Waals surface area (Å²) < 4.78 is 16.6. The second-order valence-corrected chi connectivity index (χ2v) is 5.88. The molecule has 7 heteroatoms. The molecule has 2 aromatic rings. The van der Waals surface area contributed by atoms with Crippen LogP contribution in [0.15, 0.2) is 46.9 Å². The van der Waals surface area contributed by atoms with Gasteiger partial charge in [-0.15, -0.1) is 0 Å². The molecule has 1 atom stereocenters. The van der Waals surface area contributed by atoms with Crippen LogP contribution >= 0.6 is 15.9 Å². The highest BCUT2D eigenvalue weighted by molar-refractivity contribution is 9.10. The number of carbonyl (C=O) groups excluding carboxylic acids is 2. The van der Waals surface area contributed by atoms with Crippen molar-refractivity contribution < 1.29 is 23.8 Å². The lowest BCUT2D eigenvalue weighted by Crippen LogP contribution is -2.26. The zero-order chi connectivity index (χ0) is 18.4. The summed E-state index contributed by atoms with van der Waals surface area (Å²) >= 11 is 3.33. The van der Waals surface area contributed by atoms with Crippen LogP contribution in [0.1, 0.15) is 28.9 Å². The number of hydrogen-bond donors (Lipinski definition) is 1. The van der Waals surface area contributed by atoms with Gasteiger partial charge in [0.2, 0.25) is 6.10 Å². The number of ether oxygens (including phenoxy) is 3. The Labute approximate surface area is 154 Å². The lowest BCUT2D eigenvalue weighted by atomic mass is 10.1. The number of nitrogens with two attached hydrogens (primary N) is 1. The maximum atomic E-state index is 12.5. The SMILES string of the molecule is CCOc1cc(C(=O)OC(C(N)=O)c2ccccc2)cc(Br)c1OC. The summed E-state index contributed by atoms with van der Waals surface area (Å²) in [6.07, 6.45) is -1.18. The smallest absolute Gasteiger partial charge is 0.339 e.